The van der Waals surface area contributed by atoms with Gasteiger partial charge in [-0.1, -0.05) is 95.3 Å². The van der Waals surface area contributed by atoms with Gasteiger partial charge in [0.2, 0.25) is 5.95 Å². The van der Waals surface area contributed by atoms with Gasteiger partial charge in [0.25, 0.3) is 20.0 Å². The Morgan fingerprint density at radius 3 is 1.73 bits per heavy atom. The Balaban J connectivity index is 1.19. The molecule has 25 heteroatoms. The zero-order valence-corrected chi connectivity index (χ0v) is 48.3. The number of nitrogens with one attached hydrogen (secondary N) is 4. The van der Waals surface area contributed by atoms with Crippen molar-refractivity contribution in [1.82, 2.24) is 39.1 Å². The molecule has 0 aliphatic heterocycles. The van der Waals surface area contributed by atoms with E-state index in [9.17, 15) is 23.1 Å². The van der Waals surface area contributed by atoms with Crippen molar-refractivity contribution in [2.75, 3.05) is 31.2 Å². The zero-order chi connectivity index (χ0) is 58.3. The molecule has 0 bridgehead atoms. The van der Waals surface area contributed by atoms with E-state index in [1.54, 1.807) is 71.9 Å². The van der Waals surface area contributed by atoms with Gasteiger partial charge in [0.15, 0.2) is 5.95 Å². The molecule has 2 unspecified atom stereocenters. The number of amides is 3. The molecule has 81 heavy (non-hydrogen) atoms. The predicted molar refractivity (Wildman–Crippen MR) is 302 cm³/mol. The third kappa shape index (κ3) is 15.6. The molecule has 8 rings (SSSR count). The van der Waals surface area contributed by atoms with Crippen molar-refractivity contribution in [1.29, 1.82) is 0 Å². The lowest BCUT2D eigenvalue weighted by atomic mass is 9.94. The molecule has 438 valence electrons. The number of aliphatic hydroxyl groups is 1. The molecule has 23 nitrogen and oxygen atoms in total. The number of aromatic nitrogens is 4. The van der Waals surface area contributed by atoms with Crippen LogP contribution in [0.4, 0.5) is 26.3 Å². The third-order valence-electron chi connectivity index (χ3n) is 14.0. The molecule has 7 N–H and O–H groups in total. The van der Waals surface area contributed by atoms with Crippen LogP contribution in [0.1, 0.15) is 104 Å². The van der Waals surface area contributed by atoms with E-state index in [1.165, 1.54) is 48.4 Å². The highest BCUT2D eigenvalue weighted by molar-refractivity contribution is 7.89. The lowest BCUT2D eigenvalue weighted by molar-refractivity contribution is -0.151. The highest BCUT2D eigenvalue weighted by atomic mass is 32.2. The molecular weight excluding hydrogens is 1080 g/mol. The van der Waals surface area contributed by atoms with E-state index >= 15 is 13.2 Å². The van der Waals surface area contributed by atoms with E-state index in [1.807, 2.05) is 30.3 Å². The standard InChI is InChI=1S/C56H74N10O13S2/c1-55(2,3)66(54(70)77-56(4,5)6)47(31-37-20-12-9-13-21-37)49(35-65(79-39-24-16-17-25-39)81(73,74)40-26-28-42-44(32-40)59-50(57)58-42)76-53(69)62-46(30-36-18-10-8-11-19-36)48(67)34-64(78-38-22-14-15-23-38)80(71,72)41-27-29-43-45(33-41)61-51(60-43)63-52(68)75-7/h8-13,18-21,26-29,32-33,38-39,46-49,67H,14-17,22-25,30-31,34-35H2,1-7H3,(H,62,69)(H3,57,58,59)(H2,60,61,63,68)/t46-,47?,48-,49?/m0/s1. The van der Waals surface area contributed by atoms with Crippen LogP contribution in [-0.2, 0) is 56.8 Å². The van der Waals surface area contributed by atoms with Crippen molar-refractivity contribution in [3.8, 4) is 0 Å². The number of nitrogen functional groups attached to an aromatic ring is 1. The summed E-state index contributed by atoms with van der Waals surface area (Å²) in [5.74, 6) is 0.0941. The predicted octanol–water partition coefficient (Wildman–Crippen LogP) is 8.34. The second-order valence-corrected chi connectivity index (χ2v) is 26.1. The fourth-order valence-electron chi connectivity index (χ4n) is 10.1. The van der Waals surface area contributed by atoms with E-state index < -0.39 is 99.1 Å². The van der Waals surface area contributed by atoms with E-state index in [0.29, 0.717) is 47.8 Å². The van der Waals surface area contributed by atoms with Crippen molar-refractivity contribution in [2.45, 2.75) is 163 Å². The maximum Gasteiger partial charge on any atom is 0.413 e. The second kappa shape index (κ2) is 25.5. The summed E-state index contributed by atoms with van der Waals surface area (Å²) in [6.07, 6.45) is -1.79. The fourth-order valence-corrected chi connectivity index (χ4v) is 12.7. The second-order valence-electron chi connectivity index (χ2n) is 22.4. The summed E-state index contributed by atoms with van der Waals surface area (Å²) in [4.78, 5) is 70.0. The number of carbonyl (C=O) groups is 3. The normalized spacial score (nSPS) is 16.4. The molecular formula is C56H74N10O13S2. The average molecular weight is 1160 g/mol. The van der Waals surface area contributed by atoms with Gasteiger partial charge >= 0.3 is 18.3 Å². The summed E-state index contributed by atoms with van der Waals surface area (Å²) in [5, 5.41) is 17.7. The van der Waals surface area contributed by atoms with Gasteiger partial charge in [-0.05, 0) is 128 Å². The van der Waals surface area contributed by atoms with Gasteiger partial charge in [-0.2, -0.15) is 0 Å². The van der Waals surface area contributed by atoms with Crippen LogP contribution in [-0.4, -0.2) is 142 Å². The molecule has 0 saturated heterocycles. The number of aliphatic hydroxyl groups excluding tert-OH is 1. The number of nitrogens with two attached hydrogens (primary N) is 1. The molecule has 2 aliphatic carbocycles. The zero-order valence-electron chi connectivity index (χ0n) is 46.7. The van der Waals surface area contributed by atoms with Crippen LogP contribution >= 0.6 is 0 Å². The summed E-state index contributed by atoms with van der Waals surface area (Å²) in [7, 11) is -8.06. The number of H-pyrrole nitrogens is 2. The Bertz CT molecular complexity index is 3340. The van der Waals surface area contributed by atoms with Gasteiger partial charge in [0.05, 0.1) is 82.5 Å². The van der Waals surface area contributed by atoms with Gasteiger partial charge in [0.1, 0.15) is 11.7 Å². The maximum absolute atomic E-state index is 15.2. The van der Waals surface area contributed by atoms with Crippen LogP contribution in [0.3, 0.4) is 0 Å². The van der Waals surface area contributed by atoms with Crippen LogP contribution in [0.5, 0.6) is 0 Å². The van der Waals surface area contributed by atoms with Crippen molar-refractivity contribution >= 4 is 72.3 Å². The number of methoxy groups -OCH3 is 1. The van der Waals surface area contributed by atoms with Crippen LogP contribution in [0.15, 0.2) is 107 Å². The number of ether oxygens (including phenoxy) is 3. The highest BCUT2D eigenvalue weighted by Crippen LogP contribution is 2.33. The highest BCUT2D eigenvalue weighted by Gasteiger charge is 2.45. The number of imidazole rings is 2. The first-order valence-corrected chi connectivity index (χ1v) is 30.0. The molecule has 2 aromatic heterocycles. The number of hydrogen-bond acceptors (Lipinski definition) is 16. The van der Waals surface area contributed by atoms with Crippen LogP contribution < -0.4 is 16.4 Å². The van der Waals surface area contributed by atoms with Gasteiger partial charge < -0.3 is 40.3 Å². The first-order chi connectivity index (χ1) is 38.4. The number of hydroxylamine groups is 2. The van der Waals surface area contributed by atoms with Gasteiger partial charge in [-0.3, -0.25) is 19.9 Å². The number of sulfonamides is 2. The number of anilines is 2. The minimum absolute atomic E-state index is 0.0136. The smallest absolute Gasteiger partial charge is 0.413 e. The number of aromatic amines is 2. The van der Waals surface area contributed by atoms with Crippen LogP contribution in [0.25, 0.3) is 22.1 Å². The van der Waals surface area contributed by atoms with Crippen molar-refractivity contribution < 1.29 is 60.2 Å². The number of benzene rings is 4. The molecule has 2 heterocycles. The summed E-state index contributed by atoms with van der Waals surface area (Å²) in [5.41, 5.74) is 6.62. The van der Waals surface area contributed by atoms with E-state index in [-0.39, 0.29) is 45.6 Å². The molecule has 2 aliphatic rings. The number of fused-ring (bicyclic) bond motifs is 2. The largest absolute Gasteiger partial charge is 0.453 e. The van der Waals surface area contributed by atoms with Crippen molar-refractivity contribution in [3.63, 3.8) is 0 Å². The molecule has 4 atom stereocenters. The Hall–Kier alpha value is -6.87. The molecule has 2 fully saturated rings. The molecule has 4 aromatic carbocycles. The topological polar surface area (TPSA) is 303 Å². The Kier molecular flexibility index (Phi) is 19.0. The summed E-state index contributed by atoms with van der Waals surface area (Å²) >= 11 is 0. The minimum atomic E-state index is -4.65. The van der Waals surface area contributed by atoms with E-state index in [4.69, 9.17) is 24.9 Å². The van der Waals surface area contributed by atoms with Crippen molar-refractivity contribution in [2.24, 2.45) is 0 Å². The number of alkyl carbamates (subject to hydrolysis) is 1. The van der Waals surface area contributed by atoms with Crippen LogP contribution in [0, 0.1) is 0 Å². The monoisotopic (exact) mass is 1160 g/mol. The van der Waals surface area contributed by atoms with Gasteiger partial charge in [-0.25, -0.2) is 41.2 Å². The summed E-state index contributed by atoms with van der Waals surface area (Å²) in [6, 6.07) is 23.9. The fraction of sp³-hybridized carbons (Fsp3) is 0.482. The Labute approximate surface area is 472 Å². The lowest BCUT2D eigenvalue weighted by Gasteiger charge is -2.45. The van der Waals surface area contributed by atoms with Crippen molar-refractivity contribution in [3.05, 3.63) is 108 Å². The summed E-state index contributed by atoms with van der Waals surface area (Å²) < 4.78 is 78.8. The molecule has 3 amide bonds. The number of carbonyl (C=O) groups excluding carboxylic acids is 3. The molecule has 0 spiro atoms. The number of rotatable bonds is 22. The van der Waals surface area contributed by atoms with Gasteiger partial charge in [0, 0.05) is 5.54 Å². The first-order valence-electron chi connectivity index (χ1n) is 27.1. The third-order valence-corrected chi connectivity index (χ3v) is 17.2. The average Bonchev–Trinajstić information content (AvgIpc) is 4.48. The number of nitrogens with zero attached hydrogens (tertiary/aromatic N) is 5. The Morgan fingerprint density at radius 2 is 1.21 bits per heavy atom. The van der Waals surface area contributed by atoms with Gasteiger partial charge in [-0.15, -0.1) is 0 Å². The molecule has 6 aromatic rings. The van der Waals surface area contributed by atoms with Crippen LogP contribution in [0.2, 0.25) is 0 Å². The first kappa shape index (κ1) is 60.2. The quantitative estimate of drug-likeness (QED) is 0.0275. The SMILES string of the molecule is COC(=O)Nc1nc2cc(S(=O)(=O)N(C[C@H](O)[C@H](Cc3ccccc3)NC(=O)OC(CN(OC3CCCC3)S(=O)(=O)c3ccc4[nH]c(N)nc4c3)C(Cc3ccccc3)N(C(=O)OC(C)(C)C)C(C)(C)C)OC3CCCC3)ccc2[nH]1. The molecule has 2 saturated carbocycles. The maximum atomic E-state index is 15.2. The molecule has 0 radical (unpaired) electrons. The van der Waals surface area contributed by atoms with E-state index in [2.05, 4.69) is 35.3 Å². The lowest BCUT2D eigenvalue weighted by Crippen LogP contribution is -2.61. The summed E-state index contributed by atoms with van der Waals surface area (Å²) in [6.45, 7) is 9.16. The Morgan fingerprint density at radius 1 is 0.704 bits per heavy atom. The minimum Gasteiger partial charge on any atom is -0.453 e. The van der Waals surface area contributed by atoms with E-state index in [0.717, 1.165) is 34.6 Å². The number of hydrogen-bond donors (Lipinski definition) is 6.